The second-order valence-corrected chi connectivity index (χ2v) is 5.64. The minimum atomic E-state index is 0.568. The van der Waals surface area contributed by atoms with Crippen LogP contribution in [0.15, 0.2) is 24.4 Å². The second-order valence-electron chi connectivity index (χ2n) is 5.64. The fourth-order valence-electron chi connectivity index (χ4n) is 2.14. The Bertz CT molecular complexity index is 348. The van der Waals surface area contributed by atoms with Gasteiger partial charge in [0.25, 0.3) is 0 Å². The zero-order valence-corrected chi connectivity index (χ0v) is 11.8. The van der Waals surface area contributed by atoms with Gasteiger partial charge in [0.1, 0.15) is 0 Å². The first-order valence-electron chi connectivity index (χ1n) is 7.00. The highest BCUT2D eigenvalue weighted by molar-refractivity contribution is 5.03. The molecule has 0 bridgehead atoms. The van der Waals surface area contributed by atoms with Crippen molar-refractivity contribution < 1.29 is 0 Å². The predicted octanol–water partition coefficient (Wildman–Crippen LogP) is 2.29. The fourth-order valence-corrected chi connectivity index (χ4v) is 2.14. The third-order valence-electron chi connectivity index (χ3n) is 3.96. The quantitative estimate of drug-likeness (QED) is 0.801. The Morgan fingerprint density at radius 2 is 2.17 bits per heavy atom. The van der Waals surface area contributed by atoms with Crippen LogP contribution in [-0.2, 0) is 6.54 Å². The zero-order chi connectivity index (χ0) is 13.0. The summed E-state index contributed by atoms with van der Waals surface area (Å²) >= 11 is 0. The van der Waals surface area contributed by atoms with Crippen molar-refractivity contribution in [3.63, 3.8) is 0 Å². The van der Waals surface area contributed by atoms with Crippen LogP contribution in [0, 0.1) is 5.92 Å². The molecule has 2 atom stereocenters. The maximum absolute atomic E-state index is 4.39. The van der Waals surface area contributed by atoms with Crippen LogP contribution in [0.25, 0.3) is 0 Å². The lowest BCUT2D eigenvalue weighted by Crippen LogP contribution is -2.39. The summed E-state index contributed by atoms with van der Waals surface area (Å²) in [7, 11) is 2.19. The summed E-state index contributed by atoms with van der Waals surface area (Å²) in [5.41, 5.74) is 1.15. The van der Waals surface area contributed by atoms with E-state index in [4.69, 9.17) is 0 Å². The van der Waals surface area contributed by atoms with Crippen molar-refractivity contribution in [3.8, 4) is 0 Å². The van der Waals surface area contributed by atoms with E-state index in [0.29, 0.717) is 12.0 Å². The standard InChI is InChI=1S/C15H25N3/c1-12(10-17-14-7-8-14)13(2)18(3)11-15-6-4-5-9-16-15/h4-6,9,12-14,17H,7-8,10-11H2,1-3H3. The number of aromatic nitrogens is 1. The van der Waals surface area contributed by atoms with Crippen molar-refractivity contribution in [1.29, 1.82) is 0 Å². The molecular formula is C15H25N3. The molecule has 0 aromatic carbocycles. The van der Waals surface area contributed by atoms with Gasteiger partial charge in [-0.25, -0.2) is 0 Å². The first-order chi connectivity index (χ1) is 8.66. The molecule has 0 spiro atoms. The summed E-state index contributed by atoms with van der Waals surface area (Å²) in [5.74, 6) is 0.666. The summed E-state index contributed by atoms with van der Waals surface area (Å²) in [6.07, 6.45) is 4.60. The molecular weight excluding hydrogens is 222 g/mol. The Labute approximate surface area is 111 Å². The average molecular weight is 247 g/mol. The normalized spacial score (nSPS) is 18.9. The lowest BCUT2D eigenvalue weighted by Gasteiger charge is -2.29. The lowest BCUT2D eigenvalue weighted by atomic mass is 10.0. The summed E-state index contributed by atoms with van der Waals surface area (Å²) in [5, 5.41) is 3.61. The Hall–Kier alpha value is -0.930. The third kappa shape index (κ3) is 4.07. The molecule has 1 saturated carbocycles. The maximum Gasteiger partial charge on any atom is 0.0543 e. The van der Waals surface area contributed by atoms with E-state index in [9.17, 15) is 0 Å². The Morgan fingerprint density at radius 3 is 2.78 bits per heavy atom. The average Bonchev–Trinajstić information content (AvgIpc) is 3.20. The van der Waals surface area contributed by atoms with Crippen LogP contribution in [0.4, 0.5) is 0 Å². The third-order valence-corrected chi connectivity index (χ3v) is 3.96. The molecule has 1 aliphatic rings. The Kier molecular flexibility index (Phi) is 4.72. The van der Waals surface area contributed by atoms with E-state index in [2.05, 4.69) is 48.2 Å². The van der Waals surface area contributed by atoms with Crippen molar-refractivity contribution in [2.24, 2.45) is 5.92 Å². The van der Waals surface area contributed by atoms with Crippen molar-refractivity contribution in [2.45, 2.75) is 45.3 Å². The summed E-state index contributed by atoms with van der Waals surface area (Å²) in [6.45, 7) is 6.69. The first kappa shape index (κ1) is 13.5. The molecule has 3 heteroatoms. The molecule has 1 aromatic heterocycles. The Balaban J connectivity index is 1.77. The monoisotopic (exact) mass is 247 g/mol. The molecule has 1 fully saturated rings. The number of nitrogens with one attached hydrogen (secondary N) is 1. The molecule has 2 unspecified atom stereocenters. The molecule has 3 nitrogen and oxygen atoms in total. The molecule has 18 heavy (non-hydrogen) atoms. The van der Waals surface area contributed by atoms with E-state index >= 15 is 0 Å². The van der Waals surface area contributed by atoms with Gasteiger partial charge in [-0.05, 0) is 51.4 Å². The highest BCUT2D eigenvalue weighted by Gasteiger charge is 2.23. The van der Waals surface area contributed by atoms with Crippen LogP contribution >= 0.6 is 0 Å². The van der Waals surface area contributed by atoms with E-state index < -0.39 is 0 Å². The molecule has 1 aliphatic carbocycles. The van der Waals surface area contributed by atoms with Crippen LogP contribution in [0.2, 0.25) is 0 Å². The second kappa shape index (κ2) is 6.30. The maximum atomic E-state index is 4.39. The molecule has 1 heterocycles. The summed E-state index contributed by atoms with van der Waals surface area (Å²) in [6, 6.07) is 7.49. The van der Waals surface area contributed by atoms with Crippen molar-refractivity contribution in [2.75, 3.05) is 13.6 Å². The van der Waals surface area contributed by atoms with Gasteiger partial charge in [-0.15, -0.1) is 0 Å². The van der Waals surface area contributed by atoms with Crippen LogP contribution in [0.3, 0.4) is 0 Å². The number of nitrogens with zero attached hydrogens (tertiary/aromatic N) is 2. The van der Waals surface area contributed by atoms with Gasteiger partial charge in [-0.1, -0.05) is 13.0 Å². The van der Waals surface area contributed by atoms with Crippen molar-refractivity contribution in [3.05, 3.63) is 30.1 Å². The minimum absolute atomic E-state index is 0.568. The van der Waals surface area contributed by atoms with E-state index in [-0.39, 0.29) is 0 Å². The smallest absolute Gasteiger partial charge is 0.0543 e. The van der Waals surface area contributed by atoms with Gasteiger partial charge in [0.15, 0.2) is 0 Å². The van der Waals surface area contributed by atoms with E-state index in [0.717, 1.165) is 24.8 Å². The van der Waals surface area contributed by atoms with Gasteiger partial charge in [0.05, 0.1) is 5.69 Å². The molecule has 1 N–H and O–H groups in total. The molecule has 0 aliphatic heterocycles. The molecule has 0 amide bonds. The largest absolute Gasteiger partial charge is 0.314 e. The minimum Gasteiger partial charge on any atom is -0.314 e. The van der Waals surface area contributed by atoms with Crippen molar-refractivity contribution >= 4 is 0 Å². The van der Waals surface area contributed by atoms with Gasteiger partial charge in [0.2, 0.25) is 0 Å². The van der Waals surface area contributed by atoms with Crippen LogP contribution in [0.1, 0.15) is 32.4 Å². The van der Waals surface area contributed by atoms with E-state index in [1.54, 1.807) is 0 Å². The predicted molar refractivity (Wildman–Crippen MR) is 75.4 cm³/mol. The summed E-state index contributed by atoms with van der Waals surface area (Å²) < 4.78 is 0. The van der Waals surface area contributed by atoms with Gasteiger partial charge in [-0.2, -0.15) is 0 Å². The molecule has 100 valence electrons. The van der Waals surface area contributed by atoms with Crippen LogP contribution in [0.5, 0.6) is 0 Å². The van der Waals surface area contributed by atoms with Gasteiger partial charge in [0, 0.05) is 24.8 Å². The summed E-state index contributed by atoms with van der Waals surface area (Å²) in [4.78, 5) is 6.78. The molecule has 2 rings (SSSR count). The molecule has 1 aromatic rings. The molecule has 0 radical (unpaired) electrons. The number of hydrogen-bond donors (Lipinski definition) is 1. The highest BCUT2D eigenvalue weighted by atomic mass is 15.1. The van der Waals surface area contributed by atoms with Crippen LogP contribution < -0.4 is 5.32 Å². The van der Waals surface area contributed by atoms with E-state index in [1.807, 2.05) is 12.3 Å². The van der Waals surface area contributed by atoms with Gasteiger partial charge >= 0.3 is 0 Å². The lowest BCUT2D eigenvalue weighted by molar-refractivity contribution is 0.186. The fraction of sp³-hybridized carbons (Fsp3) is 0.667. The number of pyridine rings is 1. The number of rotatable bonds is 7. The molecule has 0 saturated heterocycles. The SMILES string of the molecule is CC(CNC1CC1)C(C)N(C)Cc1ccccn1. The number of hydrogen-bond acceptors (Lipinski definition) is 3. The van der Waals surface area contributed by atoms with Crippen LogP contribution in [-0.4, -0.2) is 35.6 Å². The topological polar surface area (TPSA) is 28.2 Å². The van der Waals surface area contributed by atoms with Crippen molar-refractivity contribution in [1.82, 2.24) is 15.2 Å². The zero-order valence-electron chi connectivity index (χ0n) is 11.8. The van der Waals surface area contributed by atoms with Gasteiger partial charge in [-0.3, -0.25) is 9.88 Å². The van der Waals surface area contributed by atoms with Gasteiger partial charge < -0.3 is 5.32 Å². The van der Waals surface area contributed by atoms with E-state index in [1.165, 1.54) is 12.8 Å². The Morgan fingerprint density at radius 1 is 1.39 bits per heavy atom. The highest BCUT2D eigenvalue weighted by Crippen LogP contribution is 2.20. The first-order valence-corrected chi connectivity index (χ1v) is 7.00.